The summed E-state index contributed by atoms with van der Waals surface area (Å²) in [4.78, 5) is 0.287. The predicted molar refractivity (Wildman–Crippen MR) is 81.9 cm³/mol. The van der Waals surface area contributed by atoms with Crippen LogP contribution in [-0.2, 0) is 16.6 Å². The van der Waals surface area contributed by atoms with E-state index < -0.39 is 10.0 Å². The van der Waals surface area contributed by atoms with E-state index in [1.54, 1.807) is 30.0 Å². The van der Waals surface area contributed by atoms with Crippen molar-refractivity contribution >= 4 is 21.8 Å². The fraction of sp³-hybridized carbons (Fsp3) is 0.538. The highest BCUT2D eigenvalue weighted by molar-refractivity contribution is 7.98. The van der Waals surface area contributed by atoms with Gasteiger partial charge >= 0.3 is 0 Å². The van der Waals surface area contributed by atoms with Crippen molar-refractivity contribution < 1.29 is 8.42 Å². The van der Waals surface area contributed by atoms with Crippen molar-refractivity contribution in [2.75, 3.05) is 12.0 Å². The zero-order valence-corrected chi connectivity index (χ0v) is 13.3. The van der Waals surface area contributed by atoms with Gasteiger partial charge in [-0.05, 0) is 55.5 Å². The molecule has 108 valence electrons. The fourth-order valence-electron chi connectivity index (χ4n) is 1.72. The number of hydrogen-bond acceptors (Lipinski definition) is 4. The maximum Gasteiger partial charge on any atom is 0.240 e. The van der Waals surface area contributed by atoms with Crippen molar-refractivity contribution in [2.45, 2.75) is 37.8 Å². The third kappa shape index (κ3) is 4.80. The summed E-state index contributed by atoms with van der Waals surface area (Å²) in [5, 5.41) is 0. The number of nitrogens with one attached hydrogen (secondary N) is 1. The van der Waals surface area contributed by atoms with Gasteiger partial charge in [-0.1, -0.05) is 6.07 Å². The summed E-state index contributed by atoms with van der Waals surface area (Å²) in [6, 6.07) is 5.00. The third-order valence-electron chi connectivity index (χ3n) is 2.96. The Bertz CT molecular complexity index is 515. The summed E-state index contributed by atoms with van der Waals surface area (Å²) in [6.45, 7) is 4.15. The van der Waals surface area contributed by atoms with Crippen LogP contribution < -0.4 is 10.5 Å². The molecule has 0 aliphatic carbocycles. The second kappa shape index (κ2) is 7.28. The summed E-state index contributed by atoms with van der Waals surface area (Å²) >= 11 is 1.71. The highest BCUT2D eigenvalue weighted by atomic mass is 32.2. The summed E-state index contributed by atoms with van der Waals surface area (Å²) in [5.41, 5.74) is 7.48. The van der Waals surface area contributed by atoms with Gasteiger partial charge in [-0.25, -0.2) is 13.1 Å². The molecule has 0 aliphatic rings. The molecule has 0 saturated heterocycles. The molecular weight excluding hydrogens is 280 g/mol. The highest BCUT2D eigenvalue weighted by Crippen LogP contribution is 2.16. The van der Waals surface area contributed by atoms with E-state index in [9.17, 15) is 8.42 Å². The van der Waals surface area contributed by atoms with Gasteiger partial charge in [0.2, 0.25) is 10.0 Å². The van der Waals surface area contributed by atoms with Crippen LogP contribution in [-0.4, -0.2) is 26.5 Å². The van der Waals surface area contributed by atoms with Gasteiger partial charge in [0.1, 0.15) is 0 Å². The Hall–Kier alpha value is -0.560. The first-order chi connectivity index (χ1) is 8.90. The van der Waals surface area contributed by atoms with Gasteiger partial charge in [-0.3, -0.25) is 0 Å². The van der Waals surface area contributed by atoms with Crippen LogP contribution in [0.2, 0.25) is 0 Å². The Labute approximate surface area is 120 Å². The highest BCUT2D eigenvalue weighted by Gasteiger charge is 2.17. The summed E-state index contributed by atoms with van der Waals surface area (Å²) in [5.74, 6) is 0.936. The molecule has 0 amide bonds. The van der Waals surface area contributed by atoms with E-state index in [1.165, 1.54) is 0 Å². The molecule has 0 fully saturated rings. The van der Waals surface area contributed by atoms with Gasteiger partial charge in [-0.15, -0.1) is 0 Å². The Morgan fingerprint density at radius 3 is 2.68 bits per heavy atom. The van der Waals surface area contributed by atoms with Gasteiger partial charge in [0.25, 0.3) is 0 Å². The van der Waals surface area contributed by atoms with E-state index in [0.717, 1.165) is 23.3 Å². The molecule has 1 aromatic carbocycles. The summed E-state index contributed by atoms with van der Waals surface area (Å²) < 4.78 is 27.1. The number of thioether (sulfide) groups is 1. The van der Waals surface area contributed by atoms with Crippen molar-refractivity contribution in [3.05, 3.63) is 29.3 Å². The SMILES string of the molecule is CSCCC(C)NS(=O)(=O)c1ccc(C)c(CN)c1. The quantitative estimate of drug-likeness (QED) is 0.806. The molecule has 0 bridgehead atoms. The second-order valence-corrected chi connectivity index (χ2v) is 7.30. The van der Waals surface area contributed by atoms with E-state index in [4.69, 9.17) is 5.73 Å². The van der Waals surface area contributed by atoms with Crippen molar-refractivity contribution in [1.82, 2.24) is 4.72 Å². The van der Waals surface area contributed by atoms with Crippen LogP contribution in [0.5, 0.6) is 0 Å². The van der Waals surface area contributed by atoms with Crippen molar-refractivity contribution in [3.63, 3.8) is 0 Å². The van der Waals surface area contributed by atoms with E-state index >= 15 is 0 Å². The minimum atomic E-state index is -3.45. The zero-order chi connectivity index (χ0) is 14.5. The van der Waals surface area contributed by atoms with Crippen LogP contribution in [0.4, 0.5) is 0 Å². The van der Waals surface area contributed by atoms with Crippen LogP contribution in [0.25, 0.3) is 0 Å². The van der Waals surface area contributed by atoms with Gasteiger partial charge in [0.15, 0.2) is 0 Å². The molecule has 4 nitrogen and oxygen atoms in total. The van der Waals surface area contributed by atoms with Gasteiger partial charge in [0, 0.05) is 12.6 Å². The monoisotopic (exact) mass is 302 g/mol. The first kappa shape index (κ1) is 16.5. The van der Waals surface area contributed by atoms with Crippen molar-refractivity contribution in [3.8, 4) is 0 Å². The molecular formula is C13H22N2O2S2. The summed E-state index contributed by atoms with van der Waals surface area (Å²) in [6.07, 6.45) is 2.82. The molecule has 0 saturated carbocycles. The molecule has 0 aliphatic heterocycles. The van der Waals surface area contributed by atoms with Crippen LogP contribution >= 0.6 is 11.8 Å². The lowest BCUT2D eigenvalue weighted by atomic mass is 10.1. The van der Waals surface area contributed by atoms with Gasteiger partial charge < -0.3 is 5.73 Å². The average molecular weight is 302 g/mol. The molecule has 1 atom stereocenters. The molecule has 0 radical (unpaired) electrons. The van der Waals surface area contributed by atoms with E-state index in [1.807, 2.05) is 20.1 Å². The van der Waals surface area contributed by atoms with Crippen molar-refractivity contribution in [2.24, 2.45) is 5.73 Å². The van der Waals surface area contributed by atoms with E-state index in [2.05, 4.69) is 4.72 Å². The number of nitrogens with two attached hydrogens (primary N) is 1. The minimum Gasteiger partial charge on any atom is -0.326 e. The number of sulfonamides is 1. The topological polar surface area (TPSA) is 72.2 Å². The Morgan fingerprint density at radius 2 is 2.11 bits per heavy atom. The van der Waals surface area contributed by atoms with E-state index in [0.29, 0.717) is 6.54 Å². The van der Waals surface area contributed by atoms with Crippen LogP contribution in [0.1, 0.15) is 24.5 Å². The van der Waals surface area contributed by atoms with Gasteiger partial charge in [-0.2, -0.15) is 11.8 Å². The van der Waals surface area contributed by atoms with Crippen LogP contribution in [0, 0.1) is 6.92 Å². The van der Waals surface area contributed by atoms with Crippen LogP contribution in [0.3, 0.4) is 0 Å². The first-order valence-electron chi connectivity index (χ1n) is 6.21. The molecule has 1 aromatic rings. The molecule has 1 rings (SSSR count). The molecule has 6 heteroatoms. The Balaban J connectivity index is 2.88. The standard InChI is InChI=1S/C13H22N2O2S2/c1-10-4-5-13(8-12(10)9-14)19(16,17)15-11(2)6-7-18-3/h4-5,8,11,15H,6-7,9,14H2,1-3H3. The lowest BCUT2D eigenvalue weighted by Crippen LogP contribution is -2.33. The summed E-state index contributed by atoms with van der Waals surface area (Å²) in [7, 11) is -3.45. The lowest BCUT2D eigenvalue weighted by Gasteiger charge is -2.14. The molecule has 1 unspecified atom stereocenters. The lowest BCUT2D eigenvalue weighted by molar-refractivity contribution is 0.557. The maximum absolute atomic E-state index is 12.2. The fourth-order valence-corrected chi connectivity index (χ4v) is 3.64. The average Bonchev–Trinajstić information content (AvgIpc) is 2.36. The van der Waals surface area contributed by atoms with Crippen LogP contribution in [0.15, 0.2) is 23.1 Å². The smallest absolute Gasteiger partial charge is 0.240 e. The number of benzene rings is 1. The number of aryl methyl sites for hydroxylation is 1. The molecule has 3 N–H and O–H groups in total. The third-order valence-corrected chi connectivity index (χ3v) is 5.19. The Kier molecular flexibility index (Phi) is 6.32. The predicted octanol–water partition coefficient (Wildman–Crippen LogP) is 1.87. The largest absolute Gasteiger partial charge is 0.326 e. The number of rotatable bonds is 7. The maximum atomic E-state index is 12.2. The minimum absolute atomic E-state index is 0.0694. The second-order valence-electron chi connectivity index (χ2n) is 4.60. The zero-order valence-electron chi connectivity index (χ0n) is 11.6. The van der Waals surface area contributed by atoms with Gasteiger partial charge in [0.05, 0.1) is 4.90 Å². The molecule has 0 spiro atoms. The molecule has 0 heterocycles. The molecule has 19 heavy (non-hydrogen) atoms. The van der Waals surface area contributed by atoms with E-state index in [-0.39, 0.29) is 10.9 Å². The molecule has 0 aromatic heterocycles. The van der Waals surface area contributed by atoms with Crippen molar-refractivity contribution in [1.29, 1.82) is 0 Å². The normalized spacial score (nSPS) is 13.5. The Morgan fingerprint density at radius 1 is 1.42 bits per heavy atom. The first-order valence-corrected chi connectivity index (χ1v) is 9.09. The number of hydrogen-bond donors (Lipinski definition) is 2.